The number of aryl methyl sites for hydroxylation is 2. The number of hydrogen-bond acceptors (Lipinski definition) is 4. The molecule has 0 amide bonds. The first-order valence-electron chi connectivity index (χ1n) is 11.3. The van der Waals surface area contributed by atoms with Crippen molar-refractivity contribution in [3.63, 3.8) is 0 Å². The van der Waals surface area contributed by atoms with Crippen molar-refractivity contribution in [2.45, 2.75) is 52.7 Å². The van der Waals surface area contributed by atoms with E-state index in [0.717, 1.165) is 47.5 Å². The minimum absolute atomic E-state index is 0.315. The zero-order valence-corrected chi connectivity index (χ0v) is 18.8. The van der Waals surface area contributed by atoms with E-state index >= 15 is 0 Å². The highest BCUT2D eigenvalue weighted by atomic mass is 16.5. The number of para-hydroxylation sites is 1. The van der Waals surface area contributed by atoms with Crippen LogP contribution in [0.2, 0.25) is 0 Å². The van der Waals surface area contributed by atoms with Gasteiger partial charge in [-0.15, -0.1) is 0 Å². The molecule has 1 fully saturated rings. The van der Waals surface area contributed by atoms with Gasteiger partial charge in [0, 0.05) is 19.6 Å². The van der Waals surface area contributed by atoms with Gasteiger partial charge in [0.05, 0.1) is 23.0 Å². The van der Waals surface area contributed by atoms with E-state index in [4.69, 9.17) is 9.84 Å². The summed E-state index contributed by atoms with van der Waals surface area (Å²) in [5, 5.41) is 15.2. The molecule has 3 aromatic rings. The van der Waals surface area contributed by atoms with Gasteiger partial charge in [-0.25, -0.2) is 4.68 Å². The zero-order valence-electron chi connectivity index (χ0n) is 18.8. The molecule has 1 N–H and O–H groups in total. The summed E-state index contributed by atoms with van der Waals surface area (Å²) in [5.74, 6) is 2.29. The number of aliphatic hydroxyl groups excluding tert-OH is 1. The van der Waals surface area contributed by atoms with Gasteiger partial charge in [-0.3, -0.25) is 4.90 Å². The van der Waals surface area contributed by atoms with E-state index < -0.39 is 0 Å². The van der Waals surface area contributed by atoms with E-state index in [0.29, 0.717) is 13.1 Å². The van der Waals surface area contributed by atoms with Crippen molar-refractivity contribution in [1.82, 2.24) is 14.7 Å². The molecule has 5 heteroatoms. The van der Waals surface area contributed by atoms with Crippen LogP contribution in [-0.4, -0.2) is 39.0 Å². The molecule has 0 bridgehead atoms. The molecule has 1 heterocycles. The standard InChI is InChI=1S/C26H33N3O2/c1-4-23(30)17-28(16-21-12-13-21)18-25-20(3)27-29(22-8-6-5-7-9-22)26(25)31-24-14-10-19(2)11-15-24/h5-11,14-15,21,23,30H,4,12-13,16-18H2,1-3H3. The van der Waals surface area contributed by atoms with Crippen molar-refractivity contribution >= 4 is 0 Å². The van der Waals surface area contributed by atoms with Crippen molar-refractivity contribution in [2.24, 2.45) is 5.92 Å². The molecule has 0 saturated heterocycles. The summed E-state index contributed by atoms with van der Waals surface area (Å²) in [5.41, 5.74) is 4.21. The average molecular weight is 420 g/mol. The van der Waals surface area contributed by atoms with Crippen LogP contribution < -0.4 is 4.74 Å². The third kappa shape index (κ3) is 5.54. The second-order valence-corrected chi connectivity index (χ2v) is 8.73. The fraction of sp³-hybridized carbons (Fsp3) is 0.423. The minimum Gasteiger partial charge on any atom is -0.439 e. The van der Waals surface area contributed by atoms with Crippen LogP contribution >= 0.6 is 0 Å². The van der Waals surface area contributed by atoms with Gasteiger partial charge < -0.3 is 9.84 Å². The highest BCUT2D eigenvalue weighted by Gasteiger charge is 2.28. The molecule has 5 nitrogen and oxygen atoms in total. The summed E-state index contributed by atoms with van der Waals surface area (Å²) in [4.78, 5) is 2.37. The predicted octanol–water partition coefficient (Wildman–Crippen LogP) is 5.26. The first-order valence-corrected chi connectivity index (χ1v) is 11.3. The normalized spacial score (nSPS) is 14.7. The van der Waals surface area contributed by atoms with Crippen molar-refractivity contribution in [3.8, 4) is 17.3 Å². The molecule has 0 radical (unpaired) electrons. The molecule has 1 saturated carbocycles. The Morgan fingerprint density at radius 1 is 1.10 bits per heavy atom. The Bertz CT molecular complexity index is 978. The van der Waals surface area contributed by atoms with E-state index in [9.17, 15) is 5.11 Å². The fourth-order valence-corrected chi connectivity index (χ4v) is 3.81. The fourth-order valence-electron chi connectivity index (χ4n) is 3.81. The average Bonchev–Trinajstić information content (AvgIpc) is 3.55. The molecule has 1 atom stereocenters. The number of ether oxygens (including phenoxy) is 1. The molecule has 0 spiro atoms. The molecule has 4 rings (SSSR count). The lowest BCUT2D eigenvalue weighted by Gasteiger charge is -2.25. The molecule has 31 heavy (non-hydrogen) atoms. The third-order valence-corrected chi connectivity index (χ3v) is 5.91. The summed E-state index contributed by atoms with van der Waals surface area (Å²) < 4.78 is 8.33. The Morgan fingerprint density at radius 3 is 2.45 bits per heavy atom. The van der Waals surface area contributed by atoms with Crippen LogP contribution in [0.1, 0.15) is 43.0 Å². The summed E-state index contributed by atoms with van der Waals surface area (Å²) >= 11 is 0. The van der Waals surface area contributed by atoms with E-state index in [2.05, 4.69) is 24.0 Å². The molecule has 164 valence electrons. The van der Waals surface area contributed by atoms with Crippen molar-refractivity contribution in [2.75, 3.05) is 13.1 Å². The summed E-state index contributed by atoms with van der Waals surface area (Å²) in [7, 11) is 0. The molecule has 1 unspecified atom stereocenters. The Morgan fingerprint density at radius 2 is 1.81 bits per heavy atom. The number of nitrogens with zero attached hydrogens (tertiary/aromatic N) is 3. The van der Waals surface area contributed by atoms with Crippen LogP contribution in [0.3, 0.4) is 0 Å². The monoisotopic (exact) mass is 419 g/mol. The second-order valence-electron chi connectivity index (χ2n) is 8.73. The number of aromatic nitrogens is 2. The quantitative estimate of drug-likeness (QED) is 0.487. The van der Waals surface area contributed by atoms with E-state index in [1.807, 2.05) is 61.0 Å². The van der Waals surface area contributed by atoms with Crippen LogP contribution in [0.15, 0.2) is 54.6 Å². The maximum absolute atomic E-state index is 10.3. The first-order chi connectivity index (χ1) is 15.0. The highest BCUT2D eigenvalue weighted by Crippen LogP contribution is 2.34. The lowest BCUT2D eigenvalue weighted by atomic mass is 10.2. The molecular weight excluding hydrogens is 386 g/mol. The van der Waals surface area contributed by atoms with Crippen LogP contribution in [-0.2, 0) is 6.54 Å². The van der Waals surface area contributed by atoms with Gasteiger partial charge >= 0.3 is 0 Å². The smallest absolute Gasteiger partial charge is 0.227 e. The van der Waals surface area contributed by atoms with E-state index in [-0.39, 0.29) is 6.10 Å². The summed E-state index contributed by atoms with van der Waals surface area (Å²) in [6, 6.07) is 18.2. The summed E-state index contributed by atoms with van der Waals surface area (Å²) in [6.45, 7) is 8.55. The molecule has 1 aliphatic rings. The Labute approximate surface area is 185 Å². The topological polar surface area (TPSA) is 50.5 Å². The Hall–Kier alpha value is -2.63. The number of aliphatic hydroxyl groups is 1. The molecular formula is C26H33N3O2. The number of benzene rings is 2. The van der Waals surface area contributed by atoms with E-state index in [1.165, 1.54) is 18.4 Å². The SMILES string of the molecule is CCC(O)CN(Cc1c(C)nn(-c2ccccc2)c1Oc1ccc(C)cc1)CC1CC1. The Balaban J connectivity index is 1.69. The van der Waals surface area contributed by atoms with Crippen LogP contribution in [0.4, 0.5) is 0 Å². The van der Waals surface area contributed by atoms with Gasteiger partial charge in [-0.1, -0.05) is 42.8 Å². The van der Waals surface area contributed by atoms with Gasteiger partial charge in [0.15, 0.2) is 0 Å². The van der Waals surface area contributed by atoms with Crippen LogP contribution in [0.5, 0.6) is 11.6 Å². The third-order valence-electron chi connectivity index (χ3n) is 5.91. The lowest BCUT2D eigenvalue weighted by Crippen LogP contribution is -2.33. The number of hydrogen-bond donors (Lipinski definition) is 1. The molecule has 2 aromatic carbocycles. The van der Waals surface area contributed by atoms with Crippen molar-refractivity contribution in [1.29, 1.82) is 0 Å². The maximum Gasteiger partial charge on any atom is 0.227 e. The first kappa shape index (κ1) is 21.6. The van der Waals surface area contributed by atoms with Gasteiger partial charge in [0.1, 0.15) is 5.75 Å². The number of rotatable bonds is 10. The minimum atomic E-state index is -0.315. The lowest BCUT2D eigenvalue weighted by molar-refractivity contribution is 0.102. The van der Waals surface area contributed by atoms with Crippen LogP contribution in [0.25, 0.3) is 5.69 Å². The van der Waals surface area contributed by atoms with Gasteiger partial charge in [-0.2, -0.15) is 5.10 Å². The highest BCUT2D eigenvalue weighted by molar-refractivity contribution is 5.43. The summed E-state index contributed by atoms with van der Waals surface area (Å²) in [6.07, 6.45) is 3.02. The molecule has 1 aliphatic carbocycles. The Kier molecular flexibility index (Phi) is 6.73. The molecule has 0 aliphatic heterocycles. The molecule has 1 aromatic heterocycles. The van der Waals surface area contributed by atoms with Gasteiger partial charge in [0.25, 0.3) is 0 Å². The van der Waals surface area contributed by atoms with Crippen molar-refractivity contribution in [3.05, 3.63) is 71.4 Å². The largest absolute Gasteiger partial charge is 0.439 e. The van der Waals surface area contributed by atoms with Gasteiger partial charge in [-0.05, 0) is 63.3 Å². The predicted molar refractivity (Wildman–Crippen MR) is 124 cm³/mol. The maximum atomic E-state index is 10.3. The van der Waals surface area contributed by atoms with Gasteiger partial charge in [0.2, 0.25) is 5.88 Å². The zero-order chi connectivity index (χ0) is 21.8. The second kappa shape index (κ2) is 9.67. The van der Waals surface area contributed by atoms with Crippen molar-refractivity contribution < 1.29 is 9.84 Å². The van der Waals surface area contributed by atoms with E-state index in [1.54, 1.807) is 0 Å². The van der Waals surface area contributed by atoms with Crippen LogP contribution in [0, 0.1) is 19.8 Å².